The zero-order valence-electron chi connectivity index (χ0n) is 11.9. The molecule has 3 N–H and O–H groups in total. The van der Waals surface area contributed by atoms with Crippen molar-refractivity contribution in [3.8, 4) is 5.75 Å². The Balaban J connectivity index is 2.32. The molecule has 0 aliphatic heterocycles. The van der Waals surface area contributed by atoms with Gasteiger partial charge in [0, 0.05) is 0 Å². The van der Waals surface area contributed by atoms with E-state index in [0.29, 0.717) is 0 Å². The van der Waals surface area contributed by atoms with E-state index in [1.165, 1.54) is 12.1 Å². The van der Waals surface area contributed by atoms with Crippen LogP contribution in [-0.4, -0.2) is 28.6 Å². The van der Waals surface area contributed by atoms with Crippen LogP contribution in [0.1, 0.15) is 10.4 Å². The summed E-state index contributed by atoms with van der Waals surface area (Å²) in [6, 6.07) is 6.18. The third-order valence-corrected chi connectivity index (χ3v) is 3.27. The maximum Gasteiger partial charge on any atom is 0.353 e. The van der Waals surface area contributed by atoms with E-state index in [9.17, 15) is 24.3 Å². The van der Waals surface area contributed by atoms with Crippen LogP contribution in [-0.2, 0) is 4.79 Å². The molecule has 1 aromatic carbocycles. The first kappa shape index (κ1) is 15.3. The van der Waals surface area contributed by atoms with Crippen molar-refractivity contribution in [3.63, 3.8) is 0 Å². The molecule has 0 saturated heterocycles. The fourth-order valence-electron chi connectivity index (χ4n) is 2.24. The van der Waals surface area contributed by atoms with E-state index in [4.69, 9.17) is 13.9 Å². The molecule has 9 heteroatoms. The van der Waals surface area contributed by atoms with E-state index in [1.54, 1.807) is 12.1 Å². The topological polar surface area (TPSA) is 147 Å². The summed E-state index contributed by atoms with van der Waals surface area (Å²) in [5.41, 5.74) is -3.16. The van der Waals surface area contributed by atoms with E-state index >= 15 is 0 Å². The lowest BCUT2D eigenvalue weighted by Gasteiger charge is -2.07. The second kappa shape index (κ2) is 5.54. The molecular weight excluding hydrogens is 322 g/mol. The Labute approximate surface area is 131 Å². The summed E-state index contributed by atoms with van der Waals surface area (Å²) in [5, 5.41) is 20.4. The molecule has 2 aromatic heterocycles. The highest BCUT2D eigenvalue weighted by Crippen LogP contribution is 2.28. The fourth-order valence-corrected chi connectivity index (χ4v) is 2.24. The number of carbonyl (C=O) groups excluding carboxylic acids is 1. The largest absolute Gasteiger partial charge is 0.506 e. The van der Waals surface area contributed by atoms with Gasteiger partial charge in [-0.2, -0.15) is 0 Å². The van der Waals surface area contributed by atoms with Crippen LogP contribution in [0.4, 0.5) is 0 Å². The fraction of sp³-hybridized carbons (Fsp3) is 0.0667. The molecule has 2 heterocycles. The Morgan fingerprint density at radius 3 is 2.50 bits per heavy atom. The molecule has 3 aromatic rings. The smallest absolute Gasteiger partial charge is 0.353 e. The van der Waals surface area contributed by atoms with Crippen molar-refractivity contribution in [2.24, 2.45) is 0 Å². The van der Waals surface area contributed by atoms with Gasteiger partial charge in [-0.15, -0.1) is 0 Å². The molecule has 0 bridgehead atoms. The van der Waals surface area contributed by atoms with Crippen LogP contribution in [0.25, 0.3) is 21.9 Å². The zero-order chi connectivity index (χ0) is 17.4. The van der Waals surface area contributed by atoms with Crippen molar-refractivity contribution in [2.45, 2.75) is 0 Å². The van der Waals surface area contributed by atoms with E-state index in [0.717, 1.165) is 0 Å². The molecule has 0 unspecified atom stereocenters. The highest BCUT2D eigenvalue weighted by atomic mass is 16.4. The van der Waals surface area contributed by atoms with Gasteiger partial charge in [0.2, 0.25) is 0 Å². The number of carboxylic acids is 1. The van der Waals surface area contributed by atoms with Gasteiger partial charge in [-0.1, -0.05) is 12.1 Å². The number of amides is 1. The van der Waals surface area contributed by atoms with Gasteiger partial charge in [0.15, 0.2) is 16.9 Å². The zero-order valence-corrected chi connectivity index (χ0v) is 11.9. The minimum atomic E-state index is -1.35. The van der Waals surface area contributed by atoms with Crippen LogP contribution >= 0.6 is 0 Å². The molecule has 24 heavy (non-hydrogen) atoms. The van der Waals surface area contributed by atoms with Gasteiger partial charge < -0.3 is 24.4 Å². The van der Waals surface area contributed by atoms with Crippen LogP contribution in [0.2, 0.25) is 0 Å². The standard InChI is InChI=1S/C15H9NO8/c17-8(18)5-16-13(20)10-11(19)9-12(24-15(10)22)6-3-1-2-4-7(6)23-14(9)21/h1-4,19H,5H2,(H,16,20)(H,17,18). The van der Waals surface area contributed by atoms with Gasteiger partial charge in [-0.05, 0) is 12.1 Å². The number of para-hydroxylation sites is 1. The van der Waals surface area contributed by atoms with Gasteiger partial charge in [0.05, 0.1) is 5.39 Å². The van der Waals surface area contributed by atoms with Crippen molar-refractivity contribution in [1.29, 1.82) is 0 Å². The predicted octanol–water partition coefficient (Wildman–Crippen LogP) is 0.419. The quantitative estimate of drug-likeness (QED) is 0.462. The molecule has 0 fully saturated rings. The van der Waals surface area contributed by atoms with E-state index in [2.05, 4.69) is 0 Å². The Hall–Kier alpha value is -3.62. The first-order valence-corrected chi connectivity index (χ1v) is 6.61. The maximum absolute atomic E-state index is 12.1. The lowest BCUT2D eigenvalue weighted by molar-refractivity contribution is -0.135. The number of nitrogens with one attached hydrogen (secondary N) is 1. The van der Waals surface area contributed by atoms with Crippen LogP contribution in [0, 0.1) is 0 Å². The molecule has 0 spiro atoms. The van der Waals surface area contributed by atoms with Crippen molar-refractivity contribution in [1.82, 2.24) is 5.32 Å². The predicted molar refractivity (Wildman–Crippen MR) is 80.2 cm³/mol. The van der Waals surface area contributed by atoms with Crippen molar-refractivity contribution >= 4 is 33.8 Å². The van der Waals surface area contributed by atoms with Crippen LogP contribution < -0.4 is 16.6 Å². The number of benzene rings is 1. The van der Waals surface area contributed by atoms with Crippen molar-refractivity contribution in [3.05, 3.63) is 50.7 Å². The number of hydrogen-bond acceptors (Lipinski definition) is 7. The molecule has 3 rings (SSSR count). The third-order valence-electron chi connectivity index (χ3n) is 3.27. The number of hydrogen-bond donors (Lipinski definition) is 3. The second-order valence-electron chi connectivity index (χ2n) is 4.78. The highest BCUT2D eigenvalue weighted by molar-refractivity contribution is 6.07. The molecule has 9 nitrogen and oxygen atoms in total. The van der Waals surface area contributed by atoms with Crippen molar-refractivity contribution < 1.29 is 28.6 Å². The van der Waals surface area contributed by atoms with E-state index < -0.39 is 46.4 Å². The monoisotopic (exact) mass is 331 g/mol. The van der Waals surface area contributed by atoms with Crippen molar-refractivity contribution in [2.75, 3.05) is 6.54 Å². The number of carbonyl (C=O) groups is 2. The highest BCUT2D eigenvalue weighted by Gasteiger charge is 2.25. The summed E-state index contributed by atoms with van der Waals surface area (Å²) in [4.78, 5) is 46.4. The maximum atomic E-state index is 12.1. The number of aliphatic carboxylic acids is 1. The minimum Gasteiger partial charge on any atom is -0.506 e. The molecule has 0 atom stereocenters. The van der Waals surface area contributed by atoms with Gasteiger partial charge >= 0.3 is 17.2 Å². The lowest BCUT2D eigenvalue weighted by Crippen LogP contribution is -2.32. The van der Waals surface area contributed by atoms with E-state index in [-0.39, 0.29) is 16.6 Å². The normalized spacial score (nSPS) is 10.8. The molecular formula is C15H9NO8. The van der Waals surface area contributed by atoms with Gasteiger partial charge in [0.1, 0.15) is 17.5 Å². The van der Waals surface area contributed by atoms with E-state index in [1.807, 2.05) is 5.32 Å². The molecule has 0 aliphatic carbocycles. The van der Waals surface area contributed by atoms with Crippen LogP contribution in [0.15, 0.2) is 42.7 Å². The first-order chi connectivity index (χ1) is 11.4. The minimum absolute atomic E-state index is 0.139. The average Bonchev–Trinajstić information content (AvgIpc) is 2.52. The Bertz CT molecular complexity index is 1110. The number of aromatic hydroxyl groups is 1. The summed E-state index contributed by atoms with van der Waals surface area (Å²) in [6.07, 6.45) is 0. The lowest BCUT2D eigenvalue weighted by atomic mass is 10.1. The summed E-state index contributed by atoms with van der Waals surface area (Å²) >= 11 is 0. The Morgan fingerprint density at radius 2 is 1.79 bits per heavy atom. The van der Waals surface area contributed by atoms with Gasteiger partial charge in [-0.25, -0.2) is 9.59 Å². The third kappa shape index (κ3) is 2.37. The summed E-state index contributed by atoms with van der Waals surface area (Å²) in [6.45, 7) is -0.776. The number of rotatable bonds is 3. The Morgan fingerprint density at radius 1 is 1.08 bits per heavy atom. The van der Waals surface area contributed by atoms with Gasteiger partial charge in [0.25, 0.3) is 5.91 Å². The summed E-state index contributed by atoms with van der Waals surface area (Å²) in [7, 11) is 0. The van der Waals surface area contributed by atoms with Crippen LogP contribution in [0.3, 0.4) is 0 Å². The average molecular weight is 331 g/mol. The molecule has 1 amide bonds. The SMILES string of the molecule is O=C(O)CNC(=O)c1c(O)c2c(=O)oc3ccccc3c2oc1=O. The second-order valence-corrected chi connectivity index (χ2v) is 4.78. The number of carboxylic acid groups (broad SMARTS) is 1. The van der Waals surface area contributed by atoms with Gasteiger partial charge in [-0.3, -0.25) is 9.59 Å². The molecule has 0 radical (unpaired) electrons. The molecule has 122 valence electrons. The number of fused-ring (bicyclic) bond motifs is 3. The molecule has 0 aliphatic rings. The molecule has 0 saturated carbocycles. The summed E-state index contributed by atoms with van der Waals surface area (Å²) in [5.74, 6) is -3.46. The van der Waals surface area contributed by atoms with Crippen LogP contribution in [0.5, 0.6) is 5.75 Å². The first-order valence-electron chi connectivity index (χ1n) is 6.61. The Kier molecular flexibility index (Phi) is 3.53. The summed E-state index contributed by atoms with van der Waals surface area (Å²) < 4.78 is 10.0.